The van der Waals surface area contributed by atoms with Crippen LogP contribution in [0.25, 0.3) is 0 Å². The number of esters is 1. The molecule has 2 aromatic rings. The summed E-state index contributed by atoms with van der Waals surface area (Å²) in [7, 11) is 0. The van der Waals surface area contributed by atoms with Gasteiger partial charge in [0.25, 0.3) is 5.09 Å². The lowest BCUT2D eigenvalue weighted by molar-refractivity contribution is -0.763. The van der Waals surface area contributed by atoms with Crippen LogP contribution in [0.4, 0.5) is 0 Å². The molecule has 0 spiro atoms. The number of benzene rings is 2. The Labute approximate surface area is 132 Å². The van der Waals surface area contributed by atoms with Crippen molar-refractivity contribution in [3.8, 4) is 0 Å². The van der Waals surface area contributed by atoms with Crippen LogP contribution in [-0.2, 0) is 22.8 Å². The Morgan fingerprint density at radius 1 is 1.09 bits per heavy atom. The second-order valence-electron chi connectivity index (χ2n) is 4.44. The Bertz CT molecular complexity index is 672. The normalized spacial score (nSPS) is 10.0. The van der Waals surface area contributed by atoms with Gasteiger partial charge in [-0.1, -0.05) is 30.3 Å². The minimum Gasteiger partial charge on any atom is -0.457 e. The number of carbonyl (C=O) groups excluding carboxylic acids is 1. The molecule has 0 bridgehead atoms. The molecule has 6 nitrogen and oxygen atoms in total. The molecule has 2 rings (SSSR count). The molecule has 0 amide bonds. The molecule has 0 fully saturated rings. The Morgan fingerprint density at radius 3 is 2.32 bits per heavy atom. The quantitative estimate of drug-likeness (QED) is 0.383. The lowest BCUT2D eigenvalue weighted by Gasteiger charge is -2.06. The third kappa shape index (κ3) is 4.78. The van der Waals surface area contributed by atoms with Crippen LogP contribution in [0.5, 0.6) is 0 Å². The first-order valence-corrected chi connectivity index (χ1v) is 6.80. The molecule has 0 aliphatic heterocycles. The first-order valence-electron chi connectivity index (χ1n) is 6.36. The number of hydrogen-bond donors (Lipinski definition) is 1. The molecular formula is C15H13NO5S. The van der Waals surface area contributed by atoms with Crippen molar-refractivity contribution in [2.24, 2.45) is 0 Å². The van der Waals surface area contributed by atoms with E-state index in [1.165, 1.54) is 0 Å². The molecule has 0 aliphatic rings. The van der Waals surface area contributed by atoms with E-state index in [-0.39, 0.29) is 13.2 Å². The zero-order chi connectivity index (χ0) is 15.9. The highest BCUT2D eigenvalue weighted by Gasteiger charge is 2.07. The van der Waals surface area contributed by atoms with Gasteiger partial charge < -0.3 is 9.57 Å². The highest BCUT2D eigenvalue weighted by molar-refractivity contribution is 7.80. The van der Waals surface area contributed by atoms with E-state index < -0.39 is 11.1 Å². The Morgan fingerprint density at radius 2 is 1.73 bits per heavy atom. The SMILES string of the molecule is O=C(OCc1ccc(CO[N+](=O)[O-])cc1)c1cccc(S)c1. The van der Waals surface area contributed by atoms with Gasteiger partial charge in [-0.25, -0.2) is 4.79 Å². The van der Waals surface area contributed by atoms with Crippen LogP contribution >= 0.6 is 12.6 Å². The molecule has 0 saturated carbocycles. The molecule has 114 valence electrons. The van der Waals surface area contributed by atoms with Crippen LogP contribution in [0.3, 0.4) is 0 Å². The van der Waals surface area contributed by atoms with E-state index in [9.17, 15) is 14.9 Å². The maximum absolute atomic E-state index is 11.9. The monoisotopic (exact) mass is 319 g/mol. The van der Waals surface area contributed by atoms with Gasteiger partial charge in [-0.3, -0.25) is 0 Å². The van der Waals surface area contributed by atoms with Crippen molar-refractivity contribution in [1.29, 1.82) is 0 Å². The maximum Gasteiger partial charge on any atom is 0.338 e. The summed E-state index contributed by atoms with van der Waals surface area (Å²) in [6, 6.07) is 13.6. The smallest absolute Gasteiger partial charge is 0.338 e. The zero-order valence-electron chi connectivity index (χ0n) is 11.5. The average molecular weight is 319 g/mol. The number of hydrogen-bond acceptors (Lipinski definition) is 6. The highest BCUT2D eigenvalue weighted by atomic mass is 32.1. The van der Waals surface area contributed by atoms with E-state index in [1.807, 2.05) is 0 Å². The lowest BCUT2D eigenvalue weighted by Crippen LogP contribution is -2.05. The first kappa shape index (κ1) is 15.8. The minimum atomic E-state index is -0.842. The van der Waals surface area contributed by atoms with Crippen molar-refractivity contribution in [2.75, 3.05) is 0 Å². The average Bonchev–Trinajstić information content (AvgIpc) is 2.51. The van der Waals surface area contributed by atoms with Crippen molar-refractivity contribution in [3.63, 3.8) is 0 Å². The predicted molar refractivity (Wildman–Crippen MR) is 81.0 cm³/mol. The fraction of sp³-hybridized carbons (Fsp3) is 0.133. The molecule has 7 heteroatoms. The molecule has 0 saturated heterocycles. The topological polar surface area (TPSA) is 78.7 Å². The van der Waals surface area contributed by atoms with E-state index in [2.05, 4.69) is 17.5 Å². The fourth-order valence-corrected chi connectivity index (χ4v) is 1.95. The third-order valence-corrected chi connectivity index (χ3v) is 3.09. The van der Waals surface area contributed by atoms with E-state index in [0.29, 0.717) is 16.0 Å². The summed E-state index contributed by atoms with van der Waals surface area (Å²) in [5.74, 6) is -0.434. The first-order chi connectivity index (χ1) is 10.5. The van der Waals surface area contributed by atoms with Gasteiger partial charge in [0, 0.05) is 4.90 Å². The van der Waals surface area contributed by atoms with Crippen LogP contribution in [0.1, 0.15) is 21.5 Å². The molecule has 0 atom stereocenters. The Balaban J connectivity index is 1.89. The van der Waals surface area contributed by atoms with Crippen LogP contribution in [0.15, 0.2) is 53.4 Å². The minimum absolute atomic E-state index is 0.109. The summed E-state index contributed by atoms with van der Waals surface area (Å²) in [5.41, 5.74) is 1.87. The summed E-state index contributed by atoms with van der Waals surface area (Å²) < 4.78 is 5.19. The van der Waals surface area contributed by atoms with Crippen LogP contribution in [0.2, 0.25) is 0 Å². The molecule has 0 unspecified atom stereocenters. The van der Waals surface area contributed by atoms with Gasteiger partial charge in [0.1, 0.15) is 13.2 Å². The van der Waals surface area contributed by atoms with Gasteiger partial charge in [-0.15, -0.1) is 22.7 Å². The van der Waals surface area contributed by atoms with Gasteiger partial charge in [0.2, 0.25) is 0 Å². The van der Waals surface area contributed by atoms with Crippen LogP contribution < -0.4 is 0 Å². The zero-order valence-corrected chi connectivity index (χ0v) is 12.4. The van der Waals surface area contributed by atoms with Crippen molar-refractivity contribution in [3.05, 3.63) is 75.3 Å². The summed E-state index contributed by atoms with van der Waals surface area (Å²) in [6.45, 7) is 0.00775. The van der Waals surface area contributed by atoms with Gasteiger partial charge in [0.05, 0.1) is 5.56 Å². The van der Waals surface area contributed by atoms with Crippen LogP contribution in [0, 0.1) is 10.1 Å². The lowest BCUT2D eigenvalue weighted by atomic mass is 10.1. The van der Waals surface area contributed by atoms with Gasteiger partial charge >= 0.3 is 5.97 Å². The Kier molecular flexibility index (Phi) is 5.37. The summed E-state index contributed by atoms with van der Waals surface area (Å²) in [6.07, 6.45) is 0. The number of nitrogens with zero attached hydrogens (tertiary/aromatic N) is 1. The van der Waals surface area contributed by atoms with Gasteiger partial charge in [0.15, 0.2) is 0 Å². The van der Waals surface area contributed by atoms with E-state index >= 15 is 0 Å². The summed E-state index contributed by atoms with van der Waals surface area (Å²) in [5, 5.41) is 9.25. The highest BCUT2D eigenvalue weighted by Crippen LogP contribution is 2.12. The molecule has 22 heavy (non-hydrogen) atoms. The fourth-order valence-electron chi connectivity index (χ4n) is 1.72. The molecular weight excluding hydrogens is 306 g/mol. The molecule has 2 aromatic carbocycles. The predicted octanol–water partition coefficient (Wildman–Crippen LogP) is 3.04. The number of thiol groups is 1. The van der Waals surface area contributed by atoms with Crippen molar-refractivity contribution in [1.82, 2.24) is 0 Å². The number of ether oxygens (including phenoxy) is 1. The van der Waals surface area contributed by atoms with Crippen LogP contribution in [-0.4, -0.2) is 11.1 Å². The molecule has 0 aliphatic carbocycles. The summed E-state index contributed by atoms with van der Waals surface area (Å²) >= 11 is 4.16. The number of rotatable bonds is 6. The van der Waals surface area contributed by atoms with E-state index in [4.69, 9.17) is 4.74 Å². The molecule has 0 N–H and O–H groups in total. The largest absolute Gasteiger partial charge is 0.457 e. The Hall–Kier alpha value is -2.54. The van der Waals surface area contributed by atoms with Crippen molar-refractivity contribution < 1.29 is 19.5 Å². The van der Waals surface area contributed by atoms with Gasteiger partial charge in [-0.2, -0.15) is 0 Å². The third-order valence-electron chi connectivity index (χ3n) is 2.81. The van der Waals surface area contributed by atoms with Crippen molar-refractivity contribution >= 4 is 18.6 Å². The molecule has 0 aromatic heterocycles. The van der Waals surface area contributed by atoms with E-state index in [0.717, 1.165) is 5.56 Å². The van der Waals surface area contributed by atoms with Gasteiger partial charge in [-0.05, 0) is 29.3 Å². The van der Waals surface area contributed by atoms with E-state index in [1.54, 1.807) is 48.5 Å². The standard InChI is InChI=1S/C15H13NO5S/c17-15(13-2-1-3-14(22)8-13)20-9-11-4-6-12(7-5-11)10-21-16(18)19/h1-8,22H,9-10H2. The second kappa shape index (κ2) is 7.46. The van der Waals surface area contributed by atoms with Crippen molar-refractivity contribution in [2.45, 2.75) is 18.1 Å². The summed E-state index contributed by atoms with van der Waals surface area (Å²) in [4.78, 5) is 26.9. The molecule has 0 radical (unpaired) electrons. The maximum atomic E-state index is 11.9. The molecule has 0 heterocycles. The second-order valence-corrected chi connectivity index (χ2v) is 4.96. The number of carbonyl (C=O) groups is 1.